The molecule has 1 unspecified atom stereocenters. The Morgan fingerprint density at radius 2 is 1.71 bits per heavy atom. The van der Waals surface area contributed by atoms with Gasteiger partial charge in [0.2, 0.25) is 0 Å². The van der Waals surface area contributed by atoms with Gasteiger partial charge in [-0.15, -0.1) is 0 Å². The minimum Gasteiger partial charge on any atom is -0.490 e. The third-order valence-electron chi connectivity index (χ3n) is 4.18. The minimum absolute atomic E-state index is 0.178. The van der Waals surface area contributed by atoms with Crippen molar-refractivity contribution in [1.29, 1.82) is 0 Å². The fraction of sp³-hybridized carbons (Fsp3) is 0.667. The molecule has 3 heteroatoms. The van der Waals surface area contributed by atoms with Crippen molar-refractivity contribution in [2.24, 2.45) is 0 Å². The SMILES string of the molecule is CCCNC1CC(C)(C)c2cc(OCC)c(OCC)cc21. The third kappa shape index (κ3) is 3.34. The van der Waals surface area contributed by atoms with E-state index in [1.165, 1.54) is 11.1 Å². The molecular formula is C18H29NO2. The van der Waals surface area contributed by atoms with Crippen molar-refractivity contribution in [1.82, 2.24) is 5.32 Å². The van der Waals surface area contributed by atoms with Crippen LogP contribution in [0, 0.1) is 0 Å². The van der Waals surface area contributed by atoms with E-state index in [0.29, 0.717) is 19.3 Å². The average Bonchev–Trinajstić information content (AvgIpc) is 2.69. The van der Waals surface area contributed by atoms with E-state index in [4.69, 9.17) is 9.47 Å². The van der Waals surface area contributed by atoms with Crippen molar-refractivity contribution in [2.45, 2.75) is 58.9 Å². The summed E-state index contributed by atoms with van der Waals surface area (Å²) in [6, 6.07) is 4.80. The molecule has 0 aliphatic heterocycles. The summed E-state index contributed by atoms with van der Waals surface area (Å²) in [6.45, 7) is 13.2. The molecule has 0 spiro atoms. The fourth-order valence-electron chi connectivity index (χ4n) is 3.22. The zero-order chi connectivity index (χ0) is 15.5. The summed E-state index contributed by atoms with van der Waals surface area (Å²) >= 11 is 0. The number of fused-ring (bicyclic) bond motifs is 1. The van der Waals surface area contributed by atoms with E-state index in [0.717, 1.165) is 30.9 Å². The highest BCUT2D eigenvalue weighted by atomic mass is 16.5. The lowest BCUT2D eigenvalue weighted by Gasteiger charge is -2.20. The average molecular weight is 291 g/mol. The van der Waals surface area contributed by atoms with Crippen LogP contribution in [-0.2, 0) is 5.41 Å². The molecule has 1 aliphatic carbocycles. The van der Waals surface area contributed by atoms with Crippen LogP contribution in [0.3, 0.4) is 0 Å². The Hall–Kier alpha value is -1.22. The zero-order valence-electron chi connectivity index (χ0n) is 14.1. The molecule has 1 aromatic carbocycles. The summed E-state index contributed by atoms with van der Waals surface area (Å²) in [5.74, 6) is 1.75. The normalized spacial score (nSPS) is 19.4. The smallest absolute Gasteiger partial charge is 0.161 e. The van der Waals surface area contributed by atoms with E-state index in [1.807, 2.05) is 13.8 Å². The van der Waals surface area contributed by atoms with Crippen LogP contribution in [0.4, 0.5) is 0 Å². The Labute approximate surface area is 129 Å². The lowest BCUT2D eigenvalue weighted by atomic mass is 9.86. The molecule has 0 amide bonds. The van der Waals surface area contributed by atoms with Gasteiger partial charge in [-0.2, -0.15) is 0 Å². The van der Waals surface area contributed by atoms with E-state index in [9.17, 15) is 0 Å². The van der Waals surface area contributed by atoms with Crippen molar-refractivity contribution in [3.8, 4) is 11.5 Å². The van der Waals surface area contributed by atoms with Crippen LogP contribution in [0.2, 0.25) is 0 Å². The lowest BCUT2D eigenvalue weighted by Crippen LogP contribution is -2.22. The fourth-order valence-corrected chi connectivity index (χ4v) is 3.22. The highest BCUT2D eigenvalue weighted by Gasteiger charge is 2.37. The van der Waals surface area contributed by atoms with Crippen LogP contribution < -0.4 is 14.8 Å². The molecule has 0 saturated heterocycles. The van der Waals surface area contributed by atoms with Gasteiger partial charge >= 0.3 is 0 Å². The molecule has 0 saturated carbocycles. The monoisotopic (exact) mass is 291 g/mol. The van der Waals surface area contributed by atoms with Crippen LogP contribution in [-0.4, -0.2) is 19.8 Å². The van der Waals surface area contributed by atoms with E-state index in [-0.39, 0.29) is 5.41 Å². The van der Waals surface area contributed by atoms with Crippen LogP contribution >= 0.6 is 0 Å². The number of rotatable bonds is 7. The highest BCUT2D eigenvalue weighted by Crippen LogP contribution is 2.48. The van der Waals surface area contributed by atoms with Crippen LogP contribution in [0.15, 0.2) is 12.1 Å². The molecule has 1 aromatic rings. The molecule has 0 radical (unpaired) electrons. The first kappa shape index (κ1) is 16.2. The summed E-state index contributed by atoms with van der Waals surface area (Å²) < 4.78 is 11.6. The number of nitrogens with one attached hydrogen (secondary N) is 1. The van der Waals surface area contributed by atoms with Gasteiger partial charge in [0.05, 0.1) is 13.2 Å². The highest BCUT2D eigenvalue weighted by molar-refractivity contribution is 5.53. The molecular weight excluding hydrogens is 262 g/mol. The summed E-state index contributed by atoms with van der Waals surface area (Å²) in [7, 11) is 0. The molecule has 2 rings (SSSR count). The quantitative estimate of drug-likeness (QED) is 0.816. The first-order chi connectivity index (χ1) is 10.0. The van der Waals surface area contributed by atoms with Gasteiger partial charge in [0.1, 0.15) is 0 Å². The zero-order valence-corrected chi connectivity index (χ0v) is 14.1. The molecule has 0 fully saturated rings. The van der Waals surface area contributed by atoms with Crippen LogP contribution in [0.25, 0.3) is 0 Å². The third-order valence-corrected chi connectivity index (χ3v) is 4.18. The van der Waals surface area contributed by atoms with Gasteiger partial charge in [-0.3, -0.25) is 0 Å². The Bertz CT molecular complexity index is 482. The summed E-state index contributed by atoms with van der Waals surface area (Å²) in [4.78, 5) is 0. The second kappa shape index (κ2) is 6.69. The first-order valence-corrected chi connectivity index (χ1v) is 8.20. The predicted molar refractivity (Wildman–Crippen MR) is 87.5 cm³/mol. The number of ether oxygens (including phenoxy) is 2. The standard InChI is InChI=1S/C18H29NO2/c1-6-9-19-15-12-18(4,5)14-11-17(21-8-3)16(20-7-2)10-13(14)15/h10-11,15,19H,6-9,12H2,1-5H3. The molecule has 3 nitrogen and oxygen atoms in total. The van der Waals surface area contributed by atoms with Crippen molar-refractivity contribution < 1.29 is 9.47 Å². The van der Waals surface area contributed by atoms with Crippen molar-refractivity contribution in [3.05, 3.63) is 23.3 Å². The Kier molecular flexibility index (Phi) is 5.15. The molecule has 21 heavy (non-hydrogen) atoms. The second-order valence-electron chi connectivity index (χ2n) is 6.35. The summed E-state index contributed by atoms with van der Waals surface area (Å²) in [6.07, 6.45) is 2.28. The van der Waals surface area contributed by atoms with Gasteiger partial charge in [-0.25, -0.2) is 0 Å². The van der Waals surface area contributed by atoms with Crippen molar-refractivity contribution in [3.63, 3.8) is 0 Å². The maximum absolute atomic E-state index is 5.78. The number of benzene rings is 1. The lowest BCUT2D eigenvalue weighted by molar-refractivity contribution is 0.287. The summed E-state index contributed by atoms with van der Waals surface area (Å²) in [5.41, 5.74) is 2.94. The van der Waals surface area contributed by atoms with Crippen LogP contribution in [0.5, 0.6) is 11.5 Å². The molecule has 1 N–H and O–H groups in total. The Balaban J connectivity index is 2.41. The van der Waals surface area contributed by atoms with Crippen molar-refractivity contribution >= 4 is 0 Å². The molecule has 118 valence electrons. The number of hydrogen-bond donors (Lipinski definition) is 1. The summed E-state index contributed by atoms with van der Waals surface area (Å²) in [5, 5.41) is 3.67. The van der Waals surface area contributed by atoms with E-state index >= 15 is 0 Å². The van der Waals surface area contributed by atoms with Gasteiger partial charge in [0.25, 0.3) is 0 Å². The predicted octanol–water partition coefficient (Wildman–Crippen LogP) is 4.21. The Morgan fingerprint density at radius 1 is 1.10 bits per heavy atom. The molecule has 0 aromatic heterocycles. The molecule has 0 bridgehead atoms. The van der Waals surface area contributed by atoms with Gasteiger partial charge < -0.3 is 14.8 Å². The molecule has 1 atom stereocenters. The van der Waals surface area contributed by atoms with Gasteiger partial charge in [0.15, 0.2) is 11.5 Å². The van der Waals surface area contributed by atoms with Gasteiger partial charge in [-0.05, 0) is 61.9 Å². The first-order valence-electron chi connectivity index (χ1n) is 8.20. The maximum atomic E-state index is 5.78. The second-order valence-corrected chi connectivity index (χ2v) is 6.35. The Morgan fingerprint density at radius 3 is 2.29 bits per heavy atom. The van der Waals surface area contributed by atoms with Gasteiger partial charge in [-0.1, -0.05) is 20.8 Å². The van der Waals surface area contributed by atoms with Crippen LogP contribution in [0.1, 0.15) is 64.6 Å². The largest absolute Gasteiger partial charge is 0.490 e. The molecule has 0 heterocycles. The van der Waals surface area contributed by atoms with Gasteiger partial charge in [0, 0.05) is 6.04 Å². The van der Waals surface area contributed by atoms with E-state index in [2.05, 4.69) is 38.2 Å². The van der Waals surface area contributed by atoms with E-state index in [1.54, 1.807) is 0 Å². The topological polar surface area (TPSA) is 30.5 Å². The van der Waals surface area contributed by atoms with Crippen molar-refractivity contribution in [2.75, 3.05) is 19.8 Å². The minimum atomic E-state index is 0.178. The van der Waals surface area contributed by atoms with E-state index < -0.39 is 0 Å². The number of hydrogen-bond acceptors (Lipinski definition) is 3. The maximum Gasteiger partial charge on any atom is 0.161 e. The molecule has 1 aliphatic rings.